The maximum atomic E-state index is 11.9. The fraction of sp³-hybridized carbons (Fsp3) is 0.417. The fourth-order valence-electron chi connectivity index (χ4n) is 2.01. The Kier molecular flexibility index (Phi) is 3.76. The van der Waals surface area contributed by atoms with Crippen molar-refractivity contribution in [3.63, 3.8) is 0 Å². The molecule has 0 bridgehead atoms. The van der Waals surface area contributed by atoms with Gasteiger partial charge >= 0.3 is 0 Å². The van der Waals surface area contributed by atoms with Crippen molar-refractivity contribution in [2.75, 3.05) is 31.6 Å². The molecular weight excluding hydrogens is 248 g/mol. The number of amides is 1. The lowest BCUT2D eigenvalue weighted by Gasteiger charge is -2.22. The van der Waals surface area contributed by atoms with Crippen LogP contribution in [0.2, 0.25) is 0 Å². The first kappa shape index (κ1) is 12.8. The molecule has 5 nitrogen and oxygen atoms in total. The molecule has 1 aliphatic heterocycles. The van der Waals surface area contributed by atoms with E-state index in [0.29, 0.717) is 17.4 Å². The second-order valence-corrected chi connectivity index (χ2v) is 4.77. The summed E-state index contributed by atoms with van der Waals surface area (Å²) < 4.78 is 0. The van der Waals surface area contributed by atoms with Gasteiger partial charge in [0.15, 0.2) is 0 Å². The fourth-order valence-corrected chi connectivity index (χ4v) is 2.17. The SMILES string of the molecule is CN1CCCN(c2ncccc2C(N)=S)CC1=O. The Morgan fingerprint density at radius 3 is 3.00 bits per heavy atom. The van der Waals surface area contributed by atoms with Crippen LogP contribution < -0.4 is 10.6 Å². The molecule has 2 heterocycles. The number of likely N-dealkylation sites (N-methyl/N-ethyl adjacent to an activating group) is 1. The molecule has 1 aliphatic rings. The predicted molar refractivity (Wildman–Crippen MR) is 74.6 cm³/mol. The molecular formula is C12H16N4OS. The van der Waals surface area contributed by atoms with Crippen LogP contribution in [0.5, 0.6) is 0 Å². The summed E-state index contributed by atoms with van der Waals surface area (Å²) in [5.74, 6) is 0.792. The molecule has 96 valence electrons. The lowest BCUT2D eigenvalue weighted by atomic mass is 10.2. The summed E-state index contributed by atoms with van der Waals surface area (Å²) in [5.41, 5.74) is 6.42. The monoisotopic (exact) mass is 264 g/mol. The summed E-state index contributed by atoms with van der Waals surface area (Å²) in [5, 5.41) is 0. The van der Waals surface area contributed by atoms with Crippen LogP contribution in [0.25, 0.3) is 0 Å². The Morgan fingerprint density at radius 1 is 1.50 bits per heavy atom. The normalized spacial score (nSPS) is 16.6. The van der Waals surface area contributed by atoms with Crippen LogP contribution in [0.4, 0.5) is 5.82 Å². The van der Waals surface area contributed by atoms with Crippen LogP contribution in [0, 0.1) is 0 Å². The number of nitrogens with two attached hydrogens (primary N) is 1. The van der Waals surface area contributed by atoms with Crippen molar-refractivity contribution in [3.8, 4) is 0 Å². The average molecular weight is 264 g/mol. The van der Waals surface area contributed by atoms with E-state index in [1.165, 1.54) is 0 Å². The maximum absolute atomic E-state index is 11.9. The van der Waals surface area contributed by atoms with Crippen LogP contribution in [-0.2, 0) is 4.79 Å². The number of hydrogen-bond acceptors (Lipinski definition) is 4. The molecule has 0 aliphatic carbocycles. The zero-order chi connectivity index (χ0) is 13.1. The Labute approximate surface area is 112 Å². The molecule has 0 aromatic carbocycles. The number of hydrogen-bond donors (Lipinski definition) is 1. The summed E-state index contributed by atoms with van der Waals surface area (Å²) in [4.78, 5) is 20.2. The molecule has 1 aromatic heterocycles. The molecule has 0 unspecified atom stereocenters. The third-order valence-electron chi connectivity index (χ3n) is 3.03. The summed E-state index contributed by atoms with van der Waals surface area (Å²) in [6.45, 7) is 1.87. The van der Waals surface area contributed by atoms with Gasteiger partial charge in [-0.3, -0.25) is 4.79 Å². The van der Waals surface area contributed by atoms with Crippen LogP contribution in [0.3, 0.4) is 0 Å². The Balaban J connectivity index is 2.31. The highest BCUT2D eigenvalue weighted by Crippen LogP contribution is 2.18. The summed E-state index contributed by atoms with van der Waals surface area (Å²) in [7, 11) is 1.82. The van der Waals surface area contributed by atoms with Gasteiger partial charge < -0.3 is 15.5 Å². The van der Waals surface area contributed by atoms with Gasteiger partial charge in [-0.15, -0.1) is 0 Å². The van der Waals surface area contributed by atoms with Gasteiger partial charge in [0.25, 0.3) is 0 Å². The minimum atomic E-state index is 0.0899. The number of nitrogens with zero attached hydrogens (tertiary/aromatic N) is 3. The van der Waals surface area contributed by atoms with Crippen molar-refractivity contribution in [3.05, 3.63) is 23.9 Å². The van der Waals surface area contributed by atoms with Gasteiger partial charge in [-0.25, -0.2) is 4.98 Å². The van der Waals surface area contributed by atoms with E-state index in [1.807, 2.05) is 18.0 Å². The van der Waals surface area contributed by atoms with Gasteiger partial charge in [-0.1, -0.05) is 12.2 Å². The Bertz CT molecular complexity index is 477. The van der Waals surface area contributed by atoms with Gasteiger partial charge in [0.05, 0.1) is 12.1 Å². The van der Waals surface area contributed by atoms with E-state index < -0.39 is 0 Å². The Morgan fingerprint density at radius 2 is 2.28 bits per heavy atom. The van der Waals surface area contributed by atoms with E-state index >= 15 is 0 Å². The van der Waals surface area contributed by atoms with Gasteiger partial charge in [0.1, 0.15) is 10.8 Å². The molecule has 0 spiro atoms. The van der Waals surface area contributed by atoms with Gasteiger partial charge in [0.2, 0.25) is 5.91 Å². The van der Waals surface area contributed by atoms with E-state index in [0.717, 1.165) is 25.1 Å². The van der Waals surface area contributed by atoms with Crippen LogP contribution in [0.1, 0.15) is 12.0 Å². The largest absolute Gasteiger partial charge is 0.389 e. The molecule has 0 atom stereocenters. The molecule has 6 heteroatoms. The van der Waals surface area contributed by atoms with E-state index in [9.17, 15) is 4.79 Å². The molecule has 1 amide bonds. The van der Waals surface area contributed by atoms with Crippen LogP contribution in [0.15, 0.2) is 18.3 Å². The molecule has 1 aromatic rings. The standard InChI is InChI=1S/C12H16N4OS/c1-15-6-3-7-16(8-10(15)17)12-9(11(13)18)4-2-5-14-12/h2,4-5H,3,6-8H2,1H3,(H2,13,18). The van der Waals surface area contributed by atoms with Crippen molar-refractivity contribution < 1.29 is 4.79 Å². The molecule has 0 saturated carbocycles. The molecule has 18 heavy (non-hydrogen) atoms. The average Bonchev–Trinajstić information content (AvgIpc) is 2.52. The second kappa shape index (κ2) is 5.30. The minimum Gasteiger partial charge on any atom is -0.389 e. The lowest BCUT2D eigenvalue weighted by Crippen LogP contribution is -2.35. The number of carbonyl (C=O) groups is 1. The molecule has 1 saturated heterocycles. The summed E-state index contributed by atoms with van der Waals surface area (Å²) in [6, 6.07) is 3.63. The van der Waals surface area contributed by atoms with Crippen LogP contribution in [-0.4, -0.2) is 47.5 Å². The third kappa shape index (κ3) is 2.59. The minimum absolute atomic E-state index is 0.0899. The highest BCUT2D eigenvalue weighted by atomic mass is 32.1. The lowest BCUT2D eigenvalue weighted by molar-refractivity contribution is -0.127. The molecule has 2 rings (SSSR count). The Hall–Kier alpha value is -1.69. The predicted octanol–water partition coefficient (Wildman–Crippen LogP) is 0.384. The number of anilines is 1. The van der Waals surface area contributed by atoms with Crippen molar-refractivity contribution in [1.82, 2.24) is 9.88 Å². The first-order valence-electron chi connectivity index (χ1n) is 5.83. The van der Waals surface area contributed by atoms with Crippen molar-refractivity contribution in [2.45, 2.75) is 6.42 Å². The van der Waals surface area contributed by atoms with E-state index in [1.54, 1.807) is 17.2 Å². The van der Waals surface area contributed by atoms with E-state index in [-0.39, 0.29) is 5.91 Å². The van der Waals surface area contributed by atoms with Crippen LogP contribution >= 0.6 is 12.2 Å². The highest BCUT2D eigenvalue weighted by molar-refractivity contribution is 7.80. The second-order valence-electron chi connectivity index (χ2n) is 4.33. The molecule has 2 N–H and O–H groups in total. The third-order valence-corrected chi connectivity index (χ3v) is 3.25. The number of rotatable bonds is 2. The maximum Gasteiger partial charge on any atom is 0.241 e. The quantitative estimate of drug-likeness (QED) is 0.783. The number of thiocarbonyl (C=S) groups is 1. The first-order chi connectivity index (χ1) is 8.59. The van der Waals surface area contributed by atoms with Crippen molar-refractivity contribution >= 4 is 28.9 Å². The summed E-state index contributed by atoms with van der Waals surface area (Å²) in [6.07, 6.45) is 2.60. The zero-order valence-electron chi connectivity index (χ0n) is 10.3. The topological polar surface area (TPSA) is 62.5 Å². The van der Waals surface area contributed by atoms with Gasteiger partial charge in [0, 0.05) is 26.3 Å². The molecule has 1 fully saturated rings. The van der Waals surface area contributed by atoms with Gasteiger partial charge in [-0.2, -0.15) is 0 Å². The first-order valence-corrected chi connectivity index (χ1v) is 6.24. The van der Waals surface area contributed by atoms with Gasteiger partial charge in [-0.05, 0) is 18.6 Å². The van der Waals surface area contributed by atoms with Crippen molar-refractivity contribution in [2.24, 2.45) is 5.73 Å². The molecule has 0 radical (unpaired) electrons. The highest BCUT2D eigenvalue weighted by Gasteiger charge is 2.22. The number of aromatic nitrogens is 1. The van der Waals surface area contributed by atoms with E-state index in [4.69, 9.17) is 18.0 Å². The number of carbonyl (C=O) groups excluding carboxylic acids is 1. The van der Waals surface area contributed by atoms with E-state index in [2.05, 4.69) is 4.98 Å². The zero-order valence-corrected chi connectivity index (χ0v) is 11.1. The number of pyridine rings is 1. The smallest absolute Gasteiger partial charge is 0.241 e. The summed E-state index contributed by atoms with van der Waals surface area (Å²) >= 11 is 5.02. The van der Waals surface area contributed by atoms with Crippen molar-refractivity contribution in [1.29, 1.82) is 0 Å².